The Morgan fingerprint density at radius 2 is 1.40 bits per heavy atom. The molecule has 0 aromatic heterocycles. The summed E-state index contributed by atoms with van der Waals surface area (Å²) < 4.78 is 0. The van der Waals surface area contributed by atoms with Gasteiger partial charge in [0.2, 0.25) is 0 Å². The van der Waals surface area contributed by atoms with Crippen molar-refractivity contribution in [1.29, 1.82) is 0 Å². The Morgan fingerprint density at radius 3 is 1.50 bits per heavy atom. The Morgan fingerprint density at radius 1 is 1.10 bits per heavy atom. The van der Waals surface area contributed by atoms with Gasteiger partial charge in [-0.2, -0.15) is 5.06 Å². The molecule has 0 aromatic rings. The number of nitrogens with zero attached hydrogens (tertiary/aromatic N) is 1. The Bertz CT molecular complexity index is 75.3. The average molecular weight is 145 g/mol. The van der Waals surface area contributed by atoms with E-state index in [1.54, 1.807) is 0 Å². The van der Waals surface area contributed by atoms with Crippen molar-refractivity contribution in [2.75, 3.05) is 13.1 Å². The summed E-state index contributed by atoms with van der Waals surface area (Å²) in [6, 6.07) is 0. The Labute approximate surface area is 63.8 Å². The van der Waals surface area contributed by atoms with Gasteiger partial charge in [0.15, 0.2) is 0 Å². The molecular weight excluding hydrogens is 126 g/mol. The maximum absolute atomic E-state index is 8.90. The van der Waals surface area contributed by atoms with E-state index in [1.807, 2.05) is 13.8 Å². The third-order valence-electron chi connectivity index (χ3n) is 1.97. The van der Waals surface area contributed by atoms with Gasteiger partial charge in [-0.05, 0) is 11.8 Å². The zero-order valence-electron chi connectivity index (χ0n) is 7.46. The maximum Gasteiger partial charge on any atom is 0.0267 e. The van der Waals surface area contributed by atoms with Gasteiger partial charge in [0.1, 0.15) is 0 Å². The van der Waals surface area contributed by atoms with Crippen LogP contribution in [0, 0.1) is 11.8 Å². The fraction of sp³-hybridized carbons (Fsp3) is 1.00. The first-order chi connectivity index (χ1) is 4.70. The molecule has 0 radical (unpaired) electrons. The summed E-state index contributed by atoms with van der Waals surface area (Å²) >= 11 is 0. The topological polar surface area (TPSA) is 23.5 Å². The smallest absolute Gasteiger partial charge is 0.0267 e. The number of hydroxylamine groups is 2. The fourth-order valence-corrected chi connectivity index (χ4v) is 1.10. The van der Waals surface area contributed by atoms with Crippen LogP contribution in [0.4, 0.5) is 0 Å². The lowest BCUT2D eigenvalue weighted by atomic mass is 10.0. The van der Waals surface area contributed by atoms with Crippen molar-refractivity contribution in [1.82, 2.24) is 5.06 Å². The quantitative estimate of drug-likeness (QED) is 0.563. The minimum Gasteiger partial charge on any atom is -0.314 e. The first kappa shape index (κ1) is 9.92. The largest absolute Gasteiger partial charge is 0.314 e. The molecule has 1 rings (SSSR count). The third-order valence-corrected chi connectivity index (χ3v) is 1.97. The molecule has 1 aliphatic heterocycles. The van der Waals surface area contributed by atoms with E-state index in [2.05, 4.69) is 13.8 Å². The van der Waals surface area contributed by atoms with Crippen LogP contribution in [0.3, 0.4) is 0 Å². The van der Waals surface area contributed by atoms with Crippen molar-refractivity contribution in [3.8, 4) is 0 Å². The average Bonchev–Trinajstić information content (AvgIpc) is 2.16. The molecule has 1 unspecified atom stereocenters. The van der Waals surface area contributed by atoms with Gasteiger partial charge in [-0.1, -0.05) is 27.7 Å². The molecule has 62 valence electrons. The van der Waals surface area contributed by atoms with Crippen molar-refractivity contribution < 1.29 is 5.21 Å². The highest BCUT2D eigenvalue weighted by atomic mass is 16.5. The summed E-state index contributed by atoms with van der Waals surface area (Å²) in [7, 11) is 0. The molecule has 0 bridgehead atoms. The highest BCUT2D eigenvalue weighted by Crippen LogP contribution is 2.19. The molecule has 2 nitrogen and oxygen atoms in total. The molecule has 1 heterocycles. The van der Waals surface area contributed by atoms with Crippen LogP contribution in [0.5, 0.6) is 0 Å². The van der Waals surface area contributed by atoms with E-state index in [9.17, 15) is 0 Å². The molecule has 10 heavy (non-hydrogen) atoms. The normalized spacial score (nSPS) is 33.3. The second kappa shape index (κ2) is 4.69. The van der Waals surface area contributed by atoms with Crippen LogP contribution in [0.25, 0.3) is 0 Å². The summed E-state index contributed by atoms with van der Waals surface area (Å²) in [6.45, 7) is 10.0. The van der Waals surface area contributed by atoms with E-state index in [-0.39, 0.29) is 0 Å². The molecule has 1 N–H and O–H groups in total. The van der Waals surface area contributed by atoms with Gasteiger partial charge in [-0.3, -0.25) is 0 Å². The zero-order valence-corrected chi connectivity index (χ0v) is 7.46. The zero-order chi connectivity index (χ0) is 8.15. The predicted molar refractivity (Wildman–Crippen MR) is 43.0 cm³/mol. The SMILES string of the molecule is CC.CC1CN(O)C[C@@H]1C. The summed E-state index contributed by atoms with van der Waals surface area (Å²) in [5.41, 5.74) is 0. The van der Waals surface area contributed by atoms with Crippen molar-refractivity contribution in [3.05, 3.63) is 0 Å². The second-order valence-electron chi connectivity index (χ2n) is 2.83. The monoisotopic (exact) mass is 145 g/mol. The molecule has 2 heteroatoms. The van der Waals surface area contributed by atoms with E-state index in [4.69, 9.17) is 5.21 Å². The second-order valence-corrected chi connectivity index (χ2v) is 2.83. The van der Waals surface area contributed by atoms with E-state index in [1.165, 1.54) is 5.06 Å². The fourth-order valence-electron chi connectivity index (χ4n) is 1.10. The van der Waals surface area contributed by atoms with Gasteiger partial charge in [0, 0.05) is 13.1 Å². The number of hydrogen-bond donors (Lipinski definition) is 1. The maximum atomic E-state index is 8.90. The van der Waals surface area contributed by atoms with Crippen LogP contribution < -0.4 is 0 Å². The van der Waals surface area contributed by atoms with E-state index >= 15 is 0 Å². The summed E-state index contributed by atoms with van der Waals surface area (Å²) in [6.07, 6.45) is 0. The van der Waals surface area contributed by atoms with Crippen LogP contribution in [-0.2, 0) is 0 Å². The summed E-state index contributed by atoms with van der Waals surface area (Å²) in [5, 5.41) is 10.3. The summed E-state index contributed by atoms with van der Waals surface area (Å²) in [4.78, 5) is 0. The van der Waals surface area contributed by atoms with Gasteiger partial charge < -0.3 is 5.21 Å². The Hall–Kier alpha value is -0.0800. The van der Waals surface area contributed by atoms with Crippen molar-refractivity contribution in [2.45, 2.75) is 27.7 Å². The molecule has 1 fully saturated rings. The molecule has 0 spiro atoms. The lowest BCUT2D eigenvalue weighted by Gasteiger charge is -2.02. The molecule has 0 aromatic carbocycles. The van der Waals surface area contributed by atoms with E-state index in [0.717, 1.165) is 13.1 Å². The lowest BCUT2D eigenvalue weighted by molar-refractivity contribution is -0.0728. The number of hydrogen-bond acceptors (Lipinski definition) is 2. The Balaban J connectivity index is 0.000000371. The third kappa shape index (κ3) is 2.67. The van der Waals surface area contributed by atoms with Crippen LogP contribution in [0.2, 0.25) is 0 Å². The minimum absolute atomic E-state index is 0.667. The predicted octanol–water partition coefficient (Wildman–Crippen LogP) is 1.99. The standard InChI is InChI=1S/C6H13NO.C2H6/c1-5-3-7(8)4-6(5)2;1-2/h5-6,8H,3-4H2,1-2H3;1-2H3/t5-,6?;/m0./s1. The molecular formula is C8H19NO. The summed E-state index contributed by atoms with van der Waals surface area (Å²) in [5.74, 6) is 1.33. The molecule has 2 atom stereocenters. The van der Waals surface area contributed by atoms with Crippen molar-refractivity contribution in [3.63, 3.8) is 0 Å². The first-order valence-electron chi connectivity index (χ1n) is 4.14. The minimum atomic E-state index is 0.667. The molecule has 0 amide bonds. The highest BCUT2D eigenvalue weighted by Gasteiger charge is 2.23. The van der Waals surface area contributed by atoms with Crippen molar-refractivity contribution in [2.24, 2.45) is 11.8 Å². The van der Waals surface area contributed by atoms with E-state index in [0.29, 0.717) is 11.8 Å². The van der Waals surface area contributed by atoms with Crippen molar-refractivity contribution >= 4 is 0 Å². The van der Waals surface area contributed by atoms with Gasteiger partial charge in [0.05, 0.1) is 0 Å². The molecule has 1 saturated heterocycles. The van der Waals surface area contributed by atoms with Gasteiger partial charge >= 0.3 is 0 Å². The van der Waals surface area contributed by atoms with E-state index < -0.39 is 0 Å². The lowest BCUT2D eigenvalue weighted by Crippen LogP contribution is -2.14. The molecule has 1 aliphatic rings. The van der Waals surface area contributed by atoms with Gasteiger partial charge in [-0.25, -0.2) is 0 Å². The highest BCUT2D eigenvalue weighted by molar-refractivity contribution is 4.72. The Kier molecular flexibility index (Phi) is 4.65. The van der Waals surface area contributed by atoms with Gasteiger partial charge in [0.25, 0.3) is 0 Å². The van der Waals surface area contributed by atoms with Crippen LogP contribution in [-0.4, -0.2) is 23.4 Å². The first-order valence-corrected chi connectivity index (χ1v) is 4.14. The molecule has 0 aliphatic carbocycles. The van der Waals surface area contributed by atoms with Crippen LogP contribution >= 0.6 is 0 Å². The van der Waals surface area contributed by atoms with Crippen LogP contribution in [0.1, 0.15) is 27.7 Å². The number of rotatable bonds is 0. The molecule has 0 saturated carbocycles. The van der Waals surface area contributed by atoms with Crippen LogP contribution in [0.15, 0.2) is 0 Å². The van der Waals surface area contributed by atoms with Gasteiger partial charge in [-0.15, -0.1) is 0 Å².